The summed E-state index contributed by atoms with van der Waals surface area (Å²) >= 11 is 11.7. The maximum Gasteiger partial charge on any atom is 0.256 e. The molecule has 4 nitrogen and oxygen atoms in total. The largest absolute Gasteiger partial charge is 0.494 e. The van der Waals surface area contributed by atoms with E-state index in [1.54, 1.807) is 0 Å². The maximum atomic E-state index is 13.8. The maximum absolute atomic E-state index is 13.8. The van der Waals surface area contributed by atoms with Gasteiger partial charge in [-0.1, -0.05) is 23.2 Å². The summed E-state index contributed by atoms with van der Waals surface area (Å²) in [5, 5.41) is 2.44. The van der Waals surface area contributed by atoms with E-state index in [1.165, 1.54) is 19.4 Å². The Labute approximate surface area is 135 Å². The van der Waals surface area contributed by atoms with Crippen LogP contribution in [0.3, 0.4) is 0 Å². The van der Waals surface area contributed by atoms with Gasteiger partial charge in [-0.3, -0.25) is 4.79 Å². The lowest BCUT2D eigenvalue weighted by Gasteiger charge is -2.10. The molecule has 1 aromatic carbocycles. The highest BCUT2D eigenvalue weighted by atomic mass is 35.5. The summed E-state index contributed by atoms with van der Waals surface area (Å²) in [5.41, 5.74) is -0.0667. The molecule has 0 aliphatic heterocycles. The lowest BCUT2D eigenvalue weighted by atomic mass is 10.2. The van der Waals surface area contributed by atoms with Crippen molar-refractivity contribution in [1.29, 1.82) is 0 Å². The summed E-state index contributed by atoms with van der Waals surface area (Å²) in [5.74, 6) is -2.29. The number of carbonyl (C=O) groups is 1. The topological polar surface area (TPSA) is 51.2 Å². The highest BCUT2D eigenvalue weighted by Gasteiger charge is 2.17. The van der Waals surface area contributed by atoms with Crippen LogP contribution in [0, 0.1) is 11.6 Å². The van der Waals surface area contributed by atoms with Gasteiger partial charge in [-0.2, -0.15) is 0 Å². The molecule has 0 saturated carbocycles. The molecule has 0 radical (unpaired) electrons. The first-order chi connectivity index (χ1) is 10.4. The average molecular weight is 347 g/mol. The molecule has 1 aromatic heterocycles. The molecule has 1 heterocycles. The van der Waals surface area contributed by atoms with Crippen molar-refractivity contribution >= 4 is 29.1 Å². The van der Waals surface area contributed by atoms with Crippen molar-refractivity contribution in [2.75, 3.05) is 7.11 Å². The van der Waals surface area contributed by atoms with E-state index < -0.39 is 17.5 Å². The van der Waals surface area contributed by atoms with Crippen molar-refractivity contribution in [3.05, 3.63) is 57.3 Å². The molecule has 2 rings (SSSR count). The van der Waals surface area contributed by atoms with Gasteiger partial charge in [0.2, 0.25) is 0 Å². The van der Waals surface area contributed by atoms with Gasteiger partial charge in [0.05, 0.1) is 17.7 Å². The van der Waals surface area contributed by atoms with Crippen molar-refractivity contribution in [1.82, 2.24) is 10.3 Å². The Morgan fingerprint density at radius 1 is 1.32 bits per heavy atom. The highest BCUT2D eigenvalue weighted by molar-refractivity contribution is 6.38. The first-order valence-electron chi connectivity index (χ1n) is 6.04. The number of hydrogen-bond donors (Lipinski definition) is 1. The minimum absolute atomic E-state index is 0.0276. The molecule has 0 aliphatic carbocycles. The zero-order chi connectivity index (χ0) is 16.3. The second-order valence-electron chi connectivity index (χ2n) is 4.22. The van der Waals surface area contributed by atoms with Gasteiger partial charge < -0.3 is 10.1 Å². The molecule has 8 heteroatoms. The van der Waals surface area contributed by atoms with Crippen molar-refractivity contribution in [2.24, 2.45) is 0 Å². The van der Waals surface area contributed by atoms with Crippen LogP contribution in [0.15, 0.2) is 24.4 Å². The molecular weight excluding hydrogens is 337 g/mol. The number of nitrogens with zero attached hydrogens (tertiary/aromatic N) is 1. The number of aromatic nitrogens is 1. The number of benzene rings is 1. The predicted octanol–water partition coefficient (Wildman–Crippen LogP) is 3.61. The van der Waals surface area contributed by atoms with Crippen LogP contribution in [-0.4, -0.2) is 18.0 Å². The van der Waals surface area contributed by atoms with E-state index in [9.17, 15) is 13.6 Å². The molecule has 0 atom stereocenters. The molecule has 0 fully saturated rings. The van der Waals surface area contributed by atoms with Gasteiger partial charge in [0, 0.05) is 24.4 Å². The Kier molecular flexibility index (Phi) is 5.15. The average Bonchev–Trinajstić information content (AvgIpc) is 2.47. The van der Waals surface area contributed by atoms with E-state index in [0.717, 1.165) is 12.1 Å². The minimum Gasteiger partial charge on any atom is -0.494 e. The van der Waals surface area contributed by atoms with Crippen LogP contribution >= 0.6 is 23.2 Å². The number of pyridine rings is 1. The van der Waals surface area contributed by atoms with Crippen molar-refractivity contribution in [3.63, 3.8) is 0 Å². The number of ether oxygens (including phenoxy) is 1. The Bertz CT molecular complexity index is 706. The normalized spacial score (nSPS) is 10.4. The van der Waals surface area contributed by atoms with Crippen LogP contribution in [0.5, 0.6) is 5.75 Å². The number of halogens is 4. The first kappa shape index (κ1) is 16.5. The summed E-state index contributed by atoms with van der Waals surface area (Å²) in [4.78, 5) is 15.8. The monoisotopic (exact) mass is 346 g/mol. The molecule has 0 saturated heterocycles. The zero-order valence-corrected chi connectivity index (χ0v) is 12.8. The van der Waals surface area contributed by atoms with Gasteiger partial charge in [-0.25, -0.2) is 13.8 Å². The Morgan fingerprint density at radius 3 is 2.68 bits per heavy atom. The first-order valence-corrected chi connectivity index (χ1v) is 6.79. The van der Waals surface area contributed by atoms with E-state index >= 15 is 0 Å². The lowest BCUT2D eigenvalue weighted by molar-refractivity contribution is 0.0950. The smallest absolute Gasteiger partial charge is 0.256 e. The number of amides is 1. The fourth-order valence-corrected chi connectivity index (χ4v) is 2.27. The Morgan fingerprint density at radius 2 is 2.05 bits per heavy atom. The summed E-state index contributed by atoms with van der Waals surface area (Å²) in [6.07, 6.45) is 1.35. The number of hydrogen-bond acceptors (Lipinski definition) is 3. The summed E-state index contributed by atoms with van der Waals surface area (Å²) in [6.45, 7) is -0.243. The molecular formula is C14H10Cl2F2N2O2. The van der Waals surface area contributed by atoms with Crippen LogP contribution in [0.2, 0.25) is 10.2 Å². The van der Waals surface area contributed by atoms with Crippen LogP contribution < -0.4 is 10.1 Å². The SMILES string of the molecule is COc1cc(F)c(CNC(=O)c2c(Cl)ccnc2Cl)cc1F. The van der Waals surface area contributed by atoms with E-state index in [-0.39, 0.29) is 33.6 Å². The Balaban J connectivity index is 2.17. The molecule has 0 unspecified atom stereocenters. The van der Waals surface area contributed by atoms with Crippen LogP contribution in [-0.2, 0) is 6.54 Å². The Hall–Kier alpha value is -1.92. The molecule has 2 aromatic rings. The fraction of sp³-hybridized carbons (Fsp3) is 0.143. The van der Waals surface area contributed by atoms with Gasteiger partial charge in [0.1, 0.15) is 11.0 Å². The van der Waals surface area contributed by atoms with Gasteiger partial charge in [-0.05, 0) is 12.1 Å². The third-order valence-electron chi connectivity index (χ3n) is 2.84. The molecule has 0 spiro atoms. The highest BCUT2D eigenvalue weighted by Crippen LogP contribution is 2.23. The molecule has 22 heavy (non-hydrogen) atoms. The van der Waals surface area contributed by atoms with Gasteiger partial charge in [-0.15, -0.1) is 0 Å². The lowest BCUT2D eigenvalue weighted by Crippen LogP contribution is -2.24. The fourth-order valence-electron chi connectivity index (χ4n) is 1.74. The molecule has 0 aliphatic rings. The van der Waals surface area contributed by atoms with E-state index in [1.807, 2.05) is 0 Å². The van der Waals surface area contributed by atoms with Crippen molar-refractivity contribution in [3.8, 4) is 5.75 Å². The van der Waals surface area contributed by atoms with E-state index in [4.69, 9.17) is 23.2 Å². The predicted molar refractivity (Wildman–Crippen MR) is 78.3 cm³/mol. The summed E-state index contributed by atoms with van der Waals surface area (Å²) < 4.78 is 32.0. The summed E-state index contributed by atoms with van der Waals surface area (Å²) in [6, 6.07) is 3.25. The second kappa shape index (κ2) is 6.89. The number of carbonyl (C=O) groups excluding carboxylic acids is 1. The van der Waals surface area contributed by atoms with Gasteiger partial charge in [0.25, 0.3) is 5.91 Å². The van der Waals surface area contributed by atoms with Gasteiger partial charge in [0.15, 0.2) is 11.6 Å². The van der Waals surface area contributed by atoms with Crippen molar-refractivity contribution < 1.29 is 18.3 Å². The standard InChI is InChI=1S/C14H10Cl2F2N2O2/c1-22-11-5-9(17)7(4-10(11)18)6-20-14(21)12-8(15)2-3-19-13(12)16/h2-5H,6H2,1H3,(H,20,21). The number of methoxy groups -OCH3 is 1. The third kappa shape index (κ3) is 3.45. The van der Waals surface area contributed by atoms with E-state index in [2.05, 4.69) is 15.0 Å². The minimum atomic E-state index is -0.731. The third-order valence-corrected chi connectivity index (χ3v) is 3.44. The number of rotatable bonds is 4. The quantitative estimate of drug-likeness (QED) is 0.860. The van der Waals surface area contributed by atoms with Crippen LogP contribution in [0.1, 0.15) is 15.9 Å². The zero-order valence-electron chi connectivity index (χ0n) is 11.3. The summed E-state index contributed by atoms with van der Waals surface area (Å²) in [7, 11) is 1.23. The molecule has 1 N–H and O–H groups in total. The van der Waals surface area contributed by atoms with Crippen molar-refractivity contribution in [2.45, 2.75) is 6.54 Å². The van der Waals surface area contributed by atoms with Crippen LogP contribution in [0.25, 0.3) is 0 Å². The molecule has 116 valence electrons. The number of nitrogens with one attached hydrogen (secondary N) is 1. The molecule has 1 amide bonds. The van der Waals surface area contributed by atoms with Crippen LogP contribution in [0.4, 0.5) is 8.78 Å². The molecule has 0 bridgehead atoms. The van der Waals surface area contributed by atoms with E-state index in [0.29, 0.717) is 0 Å². The second-order valence-corrected chi connectivity index (χ2v) is 4.98. The van der Waals surface area contributed by atoms with Gasteiger partial charge >= 0.3 is 0 Å².